The number of rotatable bonds is 3. The highest BCUT2D eigenvalue weighted by atomic mass is 35.5. The first-order valence-corrected chi connectivity index (χ1v) is 6.34. The van der Waals surface area contributed by atoms with E-state index in [0.717, 1.165) is 0 Å². The van der Waals surface area contributed by atoms with Gasteiger partial charge in [0, 0.05) is 12.4 Å². The molecular formula is C13H9ClN6O. The van der Waals surface area contributed by atoms with E-state index in [2.05, 4.69) is 25.4 Å². The second-order valence-electron chi connectivity index (χ2n) is 4.05. The summed E-state index contributed by atoms with van der Waals surface area (Å²) in [6, 6.07) is 4.99. The maximum Gasteiger partial charge on any atom is 0.257 e. The fourth-order valence-corrected chi connectivity index (χ4v) is 1.88. The first kappa shape index (κ1) is 13.2. The van der Waals surface area contributed by atoms with Gasteiger partial charge in [-0.3, -0.25) is 9.78 Å². The minimum atomic E-state index is -0.322. The highest BCUT2D eigenvalue weighted by Gasteiger charge is 2.10. The number of aromatic nitrogens is 5. The summed E-state index contributed by atoms with van der Waals surface area (Å²) in [6.45, 7) is 0. The molecule has 8 heteroatoms. The topological polar surface area (TPSA) is 85.6 Å². The molecule has 1 amide bonds. The van der Waals surface area contributed by atoms with Gasteiger partial charge in [0.2, 0.25) is 0 Å². The van der Waals surface area contributed by atoms with Gasteiger partial charge >= 0.3 is 0 Å². The molecule has 0 fully saturated rings. The summed E-state index contributed by atoms with van der Waals surface area (Å²) < 4.78 is 1.52. The summed E-state index contributed by atoms with van der Waals surface area (Å²) in [6.07, 6.45) is 7.42. The fourth-order valence-electron chi connectivity index (χ4n) is 1.68. The van der Waals surface area contributed by atoms with Crippen LogP contribution in [0.25, 0.3) is 5.82 Å². The molecule has 0 atom stereocenters. The second-order valence-corrected chi connectivity index (χ2v) is 4.46. The van der Waals surface area contributed by atoms with Gasteiger partial charge in [0.1, 0.15) is 12.7 Å². The van der Waals surface area contributed by atoms with Crippen molar-refractivity contribution in [2.24, 2.45) is 0 Å². The molecular weight excluding hydrogens is 292 g/mol. The number of carbonyl (C=O) groups is 1. The van der Waals surface area contributed by atoms with Crippen molar-refractivity contribution in [1.82, 2.24) is 24.7 Å². The fraction of sp³-hybridized carbons (Fsp3) is 0. The van der Waals surface area contributed by atoms with Gasteiger partial charge in [0.25, 0.3) is 5.91 Å². The number of hydrogen-bond acceptors (Lipinski definition) is 5. The van der Waals surface area contributed by atoms with Gasteiger partial charge in [-0.1, -0.05) is 11.6 Å². The smallest absolute Gasteiger partial charge is 0.257 e. The van der Waals surface area contributed by atoms with E-state index >= 15 is 0 Å². The Morgan fingerprint density at radius 2 is 2.10 bits per heavy atom. The first-order chi connectivity index (χ1) is 10.2. The van der Waals surface area contributed by atoms with Crippen LogP contribution in [-0.2, 0) is 0 Å². The molecule has 0 radical (unpaired) electrons. The molecule has 0 saturated heterocycles. The normalized spacial score (nSPS) is 10.3. The summed E-state index contributed by atoms with van der Waals surface area (Å²) in [5.41, 5.74) is 0.906. The van der Waals surface area contributed by atoms with E-state index < -0.39 is 0 Å². The largest absolute Gasteiger partial charge is 0.321 e. The van der Waals surface area contributed by atoms with Crippen LogP contribution in [0.4, 0.5) is 5.69 Å². The predicted molar refractivity (Wildman–Crippen MR) is 76.4 cm³/mol. The van der Waals surface area contributed by atoms with E-state index in [1.165, 1.54) is 35.9 Å². The molecule has 3 aromatic heterocycles. The number of amides is 1. The van der Waals surface area contributed by atoms with Crippen LogP contribution in [0.5, 0.6) is 0 Å². The lowest BCUT2D eigenvalue weighted by Gasteiger charge is -2.06. The highest BCUT2D eigenvalue weighted by molar-refractivity contribution is 6.34. The van der Waals surface area contributed by atoms with Crippen LogP contribution in [0, 0.1) is 0 Å². The number of nitrogens with zero attached hydrogens (tertiary/aromatic N) is 5. The van der Waals surface area contributed by atoms with Gasteiger partial charge in [-0.15, -0.1) is 0 Å². The molecule has 0 saturated carbocycles. The molecule has 0 aliphatic heterocycles. The van der Waals surface area contributed by atoms with Gasteiger partial charge in [-0.05, 0) is 18.2 Å². The second kappa shape index (κ2) is 5.68. The van der Waals surface area contributed by atoms with Crippen molar-refractivity contribution in [3.63, 3.8) is 0 Å². The van der Waals surface area contributed by atoms with Crippen LogP contribution in [0.2, 0.25) is 5.02 Å². The van der Waals surface area contributed by atoms with Crippen LogP contribution in [0.1, 0.15) is 10.4 Å². The Labute approximate surface area is 124 Å². The molecule has 21 heavy (non-hydrogen) atoms. The third-order valence-corrected chi connectivity index (χ3v) is 2.98. The molecule has 3 heterocycles. The van der Waals surface area contributed by atoms with Gasteiger partial charge in [-0.25, -0.2) is 14.6 Å². The molecule has 1 N–H and O–H groups in total. The molecule has 0 aromatic carbocycles. The van der Waals surface area contributed by atoms with E-state index in [1.54, 1.807) is 18.2 Å². The zero-order chi connectivity index (χ0) is 14.7. The maximum absolute atomic E-state index is 12.1. The quantitative estimate of drug-likeness (QED) is 0.799. The number of halogens is 1. The Morgan fingerprint density at radius 1 is 1.19 bits per heavy atom. The lowest BCUT2D eigenvalue weighted by atomic mass is 10.2. The van der Waals surface area contributed by atoms with Crippen molar-refractivity contribution in [3.05, 3.63) is 60.0 Å². The van der Waals surface area contributed by atoms with Crippen molar-refractivity contribution >= 4 is 23.2 Å². The Hall–Kier alpha value is -2.80. The minimum Gasteiger partial charge on any atom is -0.321 e. The Kier molecular flexibility index (Phi) is 3.57. The summed E-state index contributed by atoms with van der Waals surface area (Å²) in [5.74, 6) is 0.283. The number of carbonyl (C=O) groups excluding carboxylic acids is 1. The van der Waals surface area contributed by atoms with Crippen LogP contribution < -0.4 is 5.32 Å². The summed E-state index contributed by atoms with van der Waals surface area (Å²) >= 11 is 5.92. The van der Waals surface area contributed by atoms with Gasteiger partial charge in [0.15, 0.2) is 5.82 Å². The Balaban J connectivity index is 1.77. The monoisotopic (exact) mass is 300 g/mol. The standard InChI is InChI=1S/C13H9ClN6O/c14-11-6-15-4-3-10(11)13(21)19-9-1-2-12(17-5-9)20-8-16-7-18-20/h1-8H,(H,19,21). The molecule has 0 aliphatic carbocycles. The van der Waals surface area contributed by atoms with Crippen molar-refractivity contribution in [1.29, 1.82) is 0 Å². The Morgan fingerprint density at radius 3 is 2.76 bits per heavy atom. The van der Waals surface area contributed by atoms with Crippen molar-refractivity contribution in [2.75, 3.05) is 5.32 Å². The third-order valence-electron chi connectivity index (χ3n) is 2.68. The highest BCUT2D eigenvalue weighted by Crippen LogP contribution is 2.16. The molecule has 0 aliphatic rings. The van der Waals surface area contributed by atoms with Crippen molar-refractivity contribution < 1.29 is 4.79 Å². The molecule has 104 valence electrons. The molecule has 0 unspecified atom stereocenters. The molecule has 3 rings (SSSR count). The van der Waals surface area contributed by atoms with Gasteiger partial charge in [-0.2, -0.15) is 5.10 Å². The SMILES string of the molecule is O=C(Nc1ccc(-n2cncn2)nc1)c1ccncc1Cl. The van der Waals surface area contributed by atoms with Crippen LogP contribution in [-0.4, -0.2) is 30.6 Å². The van der Waals surface area contributed by atoms with Crippen molar-refractivity contribution in [2.45, 2.75) is 0 Å². The van der Waals surface area contributed by atoms with Gasteiger partial charge < -0.3 is 5.32 Å². The number of anilines is 1. The number of hydrogen-bond donors (Lipinski definition) is 1. The number of pyridine rings is 2. The third kappa shape index (κ3) is 2.87. The zero-order valence-electron chi connectivity index (χ0n) is 10.6. The molecule has 0 spiro atoms. The first-order valence-electron chi connectivity index (χ1n) is 5.96. The zero-order valence-corrected chi connectivity index (χ0v) is 11.4. The lowest BCUT2D eigenvalue weighted by Crippen LogP contribution is -2.13. The van der Waals surface area contributed by atoms with Crippen LogP contribution in [0.15, 0.2) is 49.4 Å². The average molecular weight is 301 g/mol. The number of nitrogens with one attached hydrogen (secondary N) is 1. The lowest BCUT2D eigenvalue weighted by molar-refractivity contribution is 0.102. The maximum atomic E-state index is 12.1. The predicted octanol–water partition coefficient (Wildman–Crippen LogP) is 1.96. The van der Waals surface area contributed by atoms with Crippen LogP contribution in [0.3, 0.4) is 0 Å². The van der Waals surface area contributed by atoms with Crippen LogP contribution >= 0.6 is 11.6 Å². The summed E-state index contributed by atoms with van der Waals surface area (Å²) in [7, 11) is 0. The van der Waals surface area contributed by atoms with E-state index in [-0.39, 0.29) is 5.91 Å². The van der Waals surface area contributed by atoms with E-state index in [0.29, 0.717) is 22.1 Å². The van der Waals surface area contributed by atoms with Crippen molar-refractivity contribution in [3.8, 4) is 5.82 Å². The minimum absolute atomic E-state index is 0.294. The summed E-state index contributed by atoms with van der Waals surface area (Å²) in [4.78, 5) is 23.9. The molecule has 3 aromatic rings. The van der Waals surface area contributed by atoms with E-state index in [9.17, 15) is 4.79 Å². The summed E-state index contributed by atoms with van der Waals surface area (Å²) in [5, 5.41) is 6.97. The van der Waals surface area contributed by atoms with E-state index in [4.69, 9.17) is 11.6 Å². The average Bonchev–Trinajstić information content (AvgIpc) is 3.02. The Bertz CT molecular complexity index is 757. The van der Waals surface area contributed by atoms with Gasteiger partial charge in [0.05, 0.1) is 22.5 Å². The molecule has 0 bridgehead atoms. The van der Waals surface area contributed by atoms with E-state index in [1.807, 2.05) is 0 Å². The molecule has 7 nitrogen and oxygen atoms in total.